The van der Waals surface area contributed by atoms with E-state index in [2.05, 4.69) is 71.7 Å². The molecule has 1 aliphatic rings. The third-order valence-corrected chi connectivity index (χ3v) is 6.49. The predicted molar refractivity (Wildman–Crippen MR) is 120 cm³/mol. The van der Waals surface area contributed by atoms with Crippen molar-refractivity contribution in [3.05, 3.63) is 42.5 Å². The third-order valence-electron chi connectivity index (χ3n) is 5.44. The van der Waals surface area contributed by atoms with Gasteiger partial charge in [0, 0.05) is 18.2 Å². The van der Waals surface area contributed by atoms with Crippen molar-refractivity contribution < 1.29 is 4.79 Å². The number of nitrogens with zero attached hydrogens (tertiary/aromatic N) is 3. The van der Waals surface area contributed by atoms with Gasteiger partial charge in [0.25, 0.3) is 0 Å². The van der Waals surface area contributed by atoms with Crippen LogP contribution in [-0.4, -0.2) is 32.5 Å². The van der Waals surface area contributed by atoms with Crippen LogP contribution in [0.25, 0.3) is 11.4 Å². The van der Waals surface area contributed by atoms with E-state index in [0.717, 1.165) is 29.4 Å². The summed E-state index contributed by atoms with van der Waals surface area (Å²) < 4.78 is 2.26. The lowest BCUT2D eigenvalue weighted by atomic mass is 9.86. The molecule has 0 unspecified atom stereocenters. The number of rotatable bonds is 7. The fourth-order valence-electron chi connectivity index (χ4n) is 3.69. The van der Waals surface area contributed by atoms with Gasteiger partial charge in [-0.15, -0.1) is 16.8 Å². The van der Waals surface area contributed by atoms with Crippen LogP contribution in [0.4, 0.5) is 0 Å². The quantitative estimate of drug-likeness (QED) is 0.505. The molecule has 1 heterocycles. The topological polar surface area (TPSA) is 59.8 Å². The van der Waals surface area contributed by atoms with E-state index >= 15 is 0 Å². The molecular formula is C23H32N4OS. The highest BCUT2D eigenvalue weighted by atomic mass is 32.2. The lowest BCUT2D eigenvalue weighted by Crippen LogP contribution is -2.31. The summed E-state index contributed by atoms with van der Waals surface area (Å²) in [6.07, 6.45) is 6.41. The first kappa shape index (κ1) is 21.6. The van der Waals surface area contributed by atoms with Gasteiger partial charge in [-0.1, -0.05) is 75.7 Å². The average Bonchev–Trinajstić information content (AvgIpc) is 3.35. The first-order chi connectivity index (χ1) is 13.8. The molecule has 1 aromatic heterocycles. The summed E-state index contributed by atoms with van der Waals surface area (Å²) in [7, 11) is 0. The molecule has 0 saturated heterocycles. The Hall–Kier alpha value is -2.08. The van der Waals surface area contributed by atoms with Gasteiger partial charge in [0.05, 0.1) is 5.25 Å². The zero-order valence-corrected chi connectivity index (χ0v) is 18.8. The number of amides is 1. The summed E-state index contributed by atoms with van der Waals surface area (Å²) >= 11 is 1.48. The van der Waals surface area contributed by atoms with Crippen molar-refractivity contribution in [1.29, 1.82) is 0 Å². The number of carbonyl (C=O) groups excluding carboxylic acids is 1. The van der Waals surface area contributed by atoms with E-state index in [9.17, 15) is 4.79 Å². The summed E-state index contributed by atoms with van der Waals surface area (Å²) in [4.78, 5) is 12.3. The molecule has 0 aliphatic heterocycles. The van der Waals surface area contributed by atoms with Crippen molar-refractivity contribution in [2.45, 2.75) is 75.2 Å². The Morgan fingerprint density at radius 3 is 2.52 bits per heavy atom. The molecule has 1 amide bonds. The monoisotopic (exact) mass is 412 g/mol. The number of aromatic nitrogens is 3. The minimum absolute atomic E-state index is 0.00745. The smallest absolute Gasteiger partial charge is 0.233 e. The number of hydrogen-bond donors (Lipinski definition) is 1. The van der Waals surface area contributed by atoms with Gasteiger partial charge in [0.2, 0.25) is 5.91 Å². The van der Waals surface area contributed by atoms with Crippen molar-refractivity contribution >= 4 is 17.7 Å². The maximum Gasteiger partial charge on any atom is 0.233 e. The molecule has 1 N–H and O–H groups in total. The summed E-state index contributed by atoms with van der Waals surface area (Å²) in [5, 5.41) is 12.5. The highest BCUT2D eigenvalue weighted by Crippen LogP contribution is 2.38. The minimum atomic E-state index is -0.240. The average molecular weight is 413 g/mol. The van der Waals surface area contributed by atoms with Crippen molar-refractivity contribution in [1.82, 2.24) is 20.1 Å². The van der Waals surface area contributed by atoms with Gasteiger partial charge in [0.1, 0.15) is 0 Å². The fourth-order valence-corrected chi connectivity index (χ4v) is 4.64. The molecule has 156 valence electrons. The van der Waals surface area contributed by atoms with Crippen LogP contribution in [0.1, 0.15) is 65.0 Å². The predicted octanol–water partition coefficient (Wildman–Crippen LogP) is 5.14. The molecule has 1 atom stereocenters. The molecule has 0 bridgehead atoms. The van der Waals surface area contributed by atoms with Crippen LogP contribution in [0.2, 0.25) is 0 Å². The van der Waals surface area contributed by atoms with Crippen LogP contribution in [-0.2, 0) is 10.2 Å². The van der Waals surface area contributed by atoms with Gasteiger partial charge in [-0.3, -0.25) is 9.36 Å². The Balaban J connectivity index is 1.90. The Bertz CT molecular complexity index is 845. The third kappa shape index (κ3) is 5.10. The summed E-state index contributed by atoms with van der Waals surface area (Å²) in [5.41, 5.74) is 2.50. The van der Waals surface area contributed by atoms with Crippen LogP contribution >= 0.6 is 11.8 Å². The van der Waals surface area contributed by atoms with Gasteiger partial charge >= 0.3 is 0 Å². The number of thioether (sulfide) groups is 1. The molecular weight excluding hydrogens is 380 g/mol. The normalized spacial score (nSPS) is 16.0. The zero-order chi connectivity index (χ0) is 21.0. The van der Waals surface area contributed by atoms with Gasteiger partial charge in [0.15, 0.2) is 11.0 Å². The Morgan fingerprint density at radius 1 is 1.28 bits per heavy atom. The molecule has 3 rings (SSSR count). The fraction of sp³-hybridized carbons (Fsp3) is 0.522. The molecule has 6 heteroatoms. The molecule has 1 saturated carbocycles. The van der Waals surface area contributed by atoms with Crippen LogP contribution < -0.4 is 5.32 Å². The second-order valence-corrected chi connectivity index (χ2v) is 10.0. The van der Waals surface area contributed by atoms with Gasteiger partial charge in [-0.05, 0) is 30.7 Å². The molecule has 0 spiro atoms. The number of carbonyl (C=O) groups is 1. The van der Waals surface area contributed by atoms with Gasteiger partial charge in [-0.25, -0.2) is 0 Å². The van der Waals surface area contributed by atoms with Gasteiger partial charge < -0.3 is 5.32 Å². The van der Waals surface area contributed by atoms with Crippen LogP contribution in [0, 0.1) is 0 Å². The van der Waals surface area contributed by atoms with E-state index in [1.54, 1.807) is 6.08 Å². The molecule has 0 radical (unpaired) electrons. The lowest BCUT2D eigenvalue weighted by Gasteiger charge is -2.20. The second kappa shape index (κ2) is 9.16. The Kier molecular flexibility index (Phi) is 6.83. The second-order valence-electron chi connectivity index (χ2n) is 8.74. The molecule has 2 aromatic rings. The van der Waals surface area contributed by atoms with Crippen molar-refractivity contribution in [2.24, 2.45) is 0 Å². The maximum atomic E-state index is 12.3. The minimum Gasteiger partial charge on any atom is -0.352 e. The summed E-state index contributed by atoms with van der Waals surface area (Å²) in [6.45, 7) is 12.7. The first-order valence-corrected chi connectivity index (χ1v) is 11.3. The number of nitrogens with one attached hydrogen (secondary N) is 1. The molecule has 29 heavy (non-hydrogen) atoms. The van der Waals surface area contributed by atoms with Crippen LogP contribution in [0.15, 0.2) is 42.1 Å². The maximum absolute atomic E-state index is 12.3. The van der Waals surface area contributed by atoms with Crippen molar-refractivity contribution in [3.63, 3.8) is 0 Å². The Morgan fingerprint density at radius 2 is 1.93 bits per heavy atom. The van der Waals surface area contributed by atoms with E-state index < -0.39 is 0 Å². The molecule has 1 fully saturated rings. The standard InChI is InChI=1S/C23H32N4OS/c1-6-15-24-21(28)16(2)29-22-26-25-20(27(22)19-9-7-8-10-19)17-11-13-18(14-12-17)23(3,4)5/h6,11-14,16,19H,1,7-10,15H2,2-5H3,(H,24,28)/t16-/m0/s1. The van der Waals surface area contributed by atoms with E-state index in [4.69, 9.17) is 0 Å². The molecule has 1 aromatic carbocycles. The van der Waals surface area contributed by atoms with Crippen molar-refractivity contribution in [2.75, 3.05) is 6.54 Å². The Labute approximate surface area is 178 Å². The van der Waals surface area contributed by atoms with Gasteiger partial charge in [-0.2, -0.15) is 0 Å². The van der Waals surface area contributed by atoms with Crippen LogP contribution in [0.3, 0.4) is 0 Å². The highest BCUT2D eigenvalue weighted by molar-refractivity contribution is 8.00. The lowest BCUT2D eigenvalue weighted by molar-refractivity contribution is -0.120. The molecule has 5 nitrogen and oxygen atoms in total. The number of benzene rings is 1. The van der Waals surface area contributed by atoms with E-state index in [-0.39, 0.29) is 16.6 Å². The number of hydrogen-bond acceptors (Lipinski definition) is 4. The SMILES string of the molecule is C=CCNC(=O)[C@H](C)Sc1nnc(-c2ccc(C(C)(C)C)cc2)n1C1CCCC1. The highest BCUT2D eigenvalue weighted by Gasteiger charge is 2.27. The molecule has 1 aliphatic carbocycles. The largest absolute Gasteiger partial charge is 0.352 e. The summed E-state index contributed by atoms with van der Waals surface area (Å²) in [6, 6.07) is 9.05. The summed E-state index contributed by atoms with van der Waals surface area (Å²) in [5.74, 6) is 0.894. The zero-order valence-electron chi connectivity index (χ0n) is 17.9. The van der Waals surface area contributed by atoms with Crippen molar-refractivity contribution in [3.8, 4) is 11.4 Å². The van der Waals surface area contributed by atoms with E-state index in [1.807, 2.05) is 6.92 Å². The van der Waals surface area contributed by atoms with Crippen LogP contribution in [0.5, 0.6) is 0 Å². The first-order valence-electron chi connectivity index (χ1n) is 10.4. The van der Waals surface area contributed by atoms with E-state index in [1.165, 1.54) is 30.2 Å². The van der Waals surface area contributed by atoms with E-state index in [0.29, 0.717) is 12.6 Å².